The lowest BCUT2D eigenvalue weighted by molar-refractivity contribution is 0.125. The maximum atomic E-state index is 10.3. The fraction of sp³-hybridized carbons (Fsp3) is 0.613. The minimum atomic E-state index is -0.474. The number of aryl methyl sites for hydroxylation is 4. The molecule has 2 rings (SSSR count). The van der Waals surface area contributed by atoms with Crippen LogP contribution < -0.4 is 9.47 Å². The van der Waals surface area contributed by atoms with Crippen molar-refractivity contribution in [3.63, 3.8) is 0 Å². The molecule has 0 bridgehead atoms. The number of thioether (sulfide) groups is 4. The molecule has 0 radical (unpaired) electrons. The van der Waals surface area contributed by atoms with Crippen molar-refractivity contribution < 1.29 is 19.7 Å². The van der Waals surface area contributed by atoms with E-state index >= 15 is 0 Å². The molecule has 0 amide bonds. The Morgan fingerprint density at radius 1 is 0.641 bits per heavy atom. The number of ether oxygens (including phenoxy) is 2. The van der Waals surface area contributed by atoms with Crippen molar-refractivity contribution in [1.82, 2.24) is 0 Å². The molecule has 220 valence electrons. The highest BCUT2D eigenvalue weighted by molar-refractivity contribution is 8.03. The van der Waals surface area contributed by atoms with Crippen LogP contribution in [-0.2, 0) is 5.41 Å². The highest BCUT2D eigenvalue weighted by atomic mass is 32.2. The molecule has 0 aliphatic carbocycles. The van der Waals surface area contributed by atoms with Gasteiger partial charge in [0, 0.05) is 39.9 Å². The molecular weight excluding hydrogens is 565 g/mol. The molecule has 0 aromatic heterocycles. The van der Waals surface area contributed by atoms with E-state index in [1.807, 2.05) is 23.5 Å². The van der Waals surface area contributed by atoms with Gasteiger partial charge in [-0.2, -0.15) is 47.0 Å². The number of aliphatic hydroxyl groups is 2. The zero-order chi connectivity index (χ0) is 29.0. The molecule has 2 aromatic carbocycles. The van der Waals surface area contributed by atoms with Gasteiger partial charge in [-0.05, 0) is 73.6 Å². The molecule has 0 saturated heterocycles. The monoisotopic (exact) mass is 612 g/mol. The number of aliphatic hydroxyl groups excluding tert-OH is 2. The standard InChI is InChI=1S/C31H48O4S4/c1-21-13-25(14-22(2)29(21)34-17-27(32)19-38-11-9-36-7)31(5,6)26-15-23(3)30(24(4)16-26)35-18-28(33)20-39-12-10-37-8/h13-16,27-28,32-33H,9-12,17-20H2,1-8H3. The van der Waals surface area contributed by atoms with Crippen LogP contribution in [0, 0.1) is 27.7 Å². The maximum absolute atomic E-state index is 10.3. The van der Waals surface area contributed by atoms with E-state index in [-0.39, 0.29) is 5.41 Å². The minimum Gasteiger partial charge on any atom is -0.490 e. The highest BCUT2D eigenvalue weighted by Gasteiger charge is 2.26. The van der Waals surface area contributed by atoms with Crippen LogP contribution in [0.4, 0.5) is 0 Å². The predicted molar refractivity (Wildman–Crippen MR) is 178 cm³/mol. The highest BCUT2D eigenvalue weighted by Crippen LogP contribution is 2.38. The van der Waals surface area contributed by atoms with E-state index in [4.69, 9.17) is 9.47 Å². The third kappa shape index (κ3) is 10.9. The van der Waals surface area contributed by atoms with Gasteiger partial charge in [-0.1, -0.05) is 38.1 Å². The Balaban J connectivity index is 2.09. The van der Waals surface area contributed by atoms with Crippen LogP contribution in [0.3, 0.4) is 0 Å². The molecule has 0 aliphatic rings. The van der Waals surface area contributed by atoms with Gasteiger partial charge in [-0.15, -0.1) is 0 Å². The first-order valence-electron chi connectivity index (χ1n) is 13.5. The zero-order valence-electron chi connectivity index (χ0n) is 25.0. The lowest BCUT2D eigenvalue weighted by Crippen LogP contribution is -2.23. The van der Waals surface area contributed by atoms with E-state index in [1.165, 1.54) is 11.1 Å². The summed E-state index contributed by atoms with van der Waals surface area (Å²) in [5, 5.41) is 20.7. The van der Waals surface area contributed by atoms with Gasteiger partial charge in [0.2, 0.25) is 0 Å². The Morgan fingerprint density at radius 2 is 0.974 bits per heavy atom. The zero-order valence-corrected chi connectivity index (χ0v) is 28.2. The first-order chi connectivity index (χ1) is 18.5. The van der Waals surface area contributed by atoms with E-state index in [0.717, 1.165) is 56.8 Å². The van der Waals surface area contributed by atoms with Crippen molar-refractivity contribution in [3.05, 3.63) is 57.6 Å². The SMILES string of the molecule is CSCCSCC(O)COc1c(C)cc(C(C)(C)c2cc(C)c(OCC(O)CSCCSC)c(C)c2)cc1C. The van der Waals surface area contributed by atoms with Crippen LogP contribution in [0.5, 0.6) is 11.5 Å². The molecule has 0 heterocycles. The van der Waals surface area contributed by atoms with Gasteiger partial charge < -0.3 is 19.7 Å². The maximum Gasteiger partial charge on any atom is 0.125 e. The van der Waals surface area contributed by atoms with Crippen LogP contribution in [0.1, 0.15) is 47.2 Å². The summed E-state index contributed by atoms with van der Waals surface area (Å²) >= 11 is 7.20. The summed E-state index contributed by atoms with van der Waals surface area (Å²) in [5.74, 6) is 7.41. The Morgan fingerprint density at radius 3 is 1.28 bits per heavy atom. The summed E-state index contributed by atoms with van der Waals surface area (Å²) in [7, 11) is 0. The second kappa shape index (κ2) is 17.3. The molecule has 0 spiro atoms. The molecular formula is C31H48O4S4. The van der Waals surface area contributed by atoms with Gasteiger partial charge in [-0.25, -0.2) is 0 Å². The fourth-order valence-electron chi connectivity index (χ4n) is 4.42. The molecule has 8 heteroatoms. The second-order valence-electron chi connectivity index (χ2n) is 10.6. The second-order valence-corrected chi connectivity index (χ2v) is 14.8. The van der Waals surface area contributed by atoms with Crippen LogP contribution in [0.2, 0.25) is 0 Å². The molecule has 39 heavy (non-hydrogen) atoms. The molecule has 4 nitrogen and oxygen atoms in total. The normalized spacial score (nSPS) is 13.4. The summed E-state index contributed by atoms with van der Waals surface area (Å²) < 4.78 is 12.2. The topological polar surface area (TPSA) is 58.9 Å². The van der Waals surface area contributed by atoms with E-state index in [0.29, 0.717) is 24.7 Å². The van der Waals surface area contributed by atoms with Crippen LogP contribution >= 0.6 is 47.0 Å². The van der Waals surface area contributed by atoms with Crippen molar-refractivity contribution in [2.75, 3.05) is 60.2 Å². The third-order valence-corrected chi connectivity index (χ3v) is 10.7. The average molecular weight is 613 g/mol. The molecule has 0 fully saturated rings. The largest absolute Gasteiger partial charge is 0.490 e. The molecule has 2 aromatic rings. The smallest absolute Gasteiger partial charge is 0.125 e. The number of benzene rings is 2. The van der Waals surface area contributed by atoms with Gasteiger partial charge in [-0.3, -0.25) is 0 Å². The van der Waals surface area contributed by atoms with Crippen LogP contribution in [0.25, 0.3) is 0 Å². The Bertz CT molecular complexity index is 902. The number of rotatable bonds is 18. The Labute approximate surface area is 254 Å². The fourth-order valence-corrected chi connectivity index (χ4v) is 7.77. The molecule has 2 unspecified atom stereocenters. The van der Waals surface area contributed by atoms with Gasteiger partial charge >= 0.3 is 0 Å². The predicted octanol–water partition coefficient (Wildman–Crippen LogP) is 6.92. The number of hydrogen-bond acceptors (Lipinski definition) is 8. The van der Waals surface area contributed by atoms with E-state index in [2.05, 4.69) is 78.3 Å². The third-order valence-electron chi connectivity index (χ3n) is 6.69. The van der Waals surface area contributed by atoms with E-state index < -0.39 is 12.2 Å². The van der Waals surface area contributed by atoms with Gasteiger partial charge in [0.25, 0.3) is 0 Å². The van der Waals surface area contributed by atoms with E-state index in [1.54, 1.807) is 23.5 Å². The quantitative estimate of drug-likeness (QED) is 0.176. The van der Waals surface area contributed by atoms with E-state index in [9.17, 15) is 10.2 Å². The van der Waals surface area contributed by atoms with Crippen molar-refractivity contribution in [1.29, 1.82) is 0 Å². The van der Waals surface area contributed by atoms with Crippen molar-refractivity contribution in [3.8, 4) is 11.5 Å². The van der Waals surface area contributed by atoms with Crippen LogP contribution in [-0.4, -0.2) is 82.7 Å². The molecule has 2 atom stereocenters. The molecule has 2 N–H and O–H groups in total. The average Bonchev–Trinajstić information content (AvgIpc) is 2.88. The number of hydrogen-bond donors (Lipinski definition) is 2. The van der Waals surface area contributed by atoms with Crippen molar-refractivity contribution in [2.24, 2.45) is 0 Å². The molecule has 0 saturated carbocycles. The lowest BCUT2D eigenvalue weighted by atomic mass is 9.76. The summed E-state index contributed by atoms with van der Waals surface area (Å²) in [6.45, 7) is 13.4. The van der Waals surface area contributed by atoms with Crippen LogP contribution in [0.15, 0.2) is 24.3 Å². The minimum absolute atomic E-state index is 0.219. The van der Waals surface area contributed by atoms with Gasteiger partial charge in [0.1, 0.15) is 24.7 Å². The summed E-state index contributed by atoms with van der Waals surface area (Å²) in [4.78, 5) is 0. The summed E-state index contributed by atoms with van der Waals surface area (Å²) in [6.07, 6.45) is 3.26. The van der Waals surface area contributed by atoms with Crippen molar-refractivity contribution >= 4 is 47.0 Å². The summed E-state index contributed by atoms with van der Waals surface area (Å²) in [6, 6.07) is 8.84. The van der Waals surface area contributed by atoms with Gasteiger partial charge in [0.05, 0.1) is 12.2 Å². The lowest BCUT2D eigenvalue weighted by Gasteiger charge is -2.29. The van der Waals surface area contributed by atoms with Gasteiger partial charge in [0.15, 0.2) is 0 Å². The summed E-state index contributed by atoms with van der Waals surface area (Å²) in [5.41, 5.74) is 6.56. The first-order valence-corrected chi connectivity index (χ1v) is 18.6. The Hall–Kier alpha value is -0.640. The first kappa shape index (κ1) is 34.6. The molecule has 0 aliphatic heterocycles. The Kier molecular flexibility index (Phi) is 15.4. The van der Waals surface area contributed by atoms with Crippen molar-refractivity contribution in [2.45, 2.75) is 59.2 Å².